The molecule has 2 aliphatic heterocycles. The zero-order valence-electron chi connectivity index (χ0n) is 17.2. The van der Waals surface area contributed by atoms with Crippen molar-refractivity contribution in [2.45, 2.75) is 25.7 Å². The van der Waals surface area contributed by atoms with Gasteiger partial charge in [0.25, 0.3) is 0 Å². The van der Waals surface area contributed by atoms with Crippen LogP contribution in [-0.4, -0.2) is 47.9 Å². The smallest absolute Gasteiger partial charge is 0.246 e. The zero-order chi connectivity index (χ0) is 20.8. The lowest BCUT2D eigenvalue weighted by molar-refractivity contribution is -0.130. The number of pyridine rings is 1. The first-order valence-corrected chi connectivity index (χ1v) is 10.7. The molecule has 1 aromatic carbocycles. The van der Waals surface area contributed by atoms with E-state index >= 15 is 0 Å². The summed E-state index contributed by atoms with van der Waals surface area (Å²) in [5.41, 5.74) is 1.73. The third-order valence-corrected chi connectivity index (χ3v) is 5.84. The largest absolute Gasteiger partial charge is 0.357 e. The summed E-state index contributed by atoms with van der Waals surface area (Å²) >= 11 is 0. The van der Waals surface area contributed by atoms with E-state index in [9.17, 15) is 9.59 Å². The molecule has 0 saturated carbocycles. The van der Waals surface area contributed by atoms with Gasteiger partial charge in [-0.25, -0.2) is 4.98 Å². The van der Waals surface area contributed by atoms with E-state index in [1.807, 2.05) is 53.4 Å². The van der Waals surface area contributed by atoms with Gasteiger partial charge < -0.3 is 15.1 Å². The van der Waals surface area contributed by atoms with E-state index in [4.69, 9.17) is 0 Å². The number of nitrogens with zero attached hydrogens (tertiary/aromatic N) is 3. The normalized spacial score (nSPS) is 17.5. The van der Waals surface area contributed by atoms with Crippen molar-refractivity contribution in [3.63, 3.8) is 0 Å². The lowest BCUT2D eigenvalue weighted by atomic mass is 9.95. The number of anilines is 2. The van der Waals surface area contributed by atoms with Crippen LogP contribution in [0.2, 0.25) is 0 Å². The van der Waals surface area contributed by atoms with Crippen LogP contribution in [0.3, 0.4) is 0 Å². The van der Waals surface area contributed by atoms with Crippen LogP contribution < -0.4 is 10.2 Å². The van der Waals surface area contributed by atoms with Gasteiger partial charge in [-0.3, -0.25) is 9.59 Å². The summed E-state index contributed by atoms with van der Waals surface area (Å²) in [7, 11) is 0. The molecule has 0 bridgehead atoms. The Balaban J connectivity index is 1.25. The molecule has 156 valence electrons. The zero-order valence-corrected chi connectivity index (χ0v) is 17.2. The second-order valence-electron chi connectivity index (χ2n) is 7.93. The lowest BCUT2D eigenvalue weighted by Crippen LogP contribution is -2.40. The van der Waals surface area contributed by atoms with E-state index in [0.717, 1.165) is 30.2 Å². The van der Waals surface area contributed by atoms with Gasteiger partial charge >= 0.3 is 0 Å². The molecule has 30 heavy (non-hydrogen) atoms. The molecule has 0 aliphatic carbocycles. The van der Waals surface area contributed by atoms with Crippen molar-refractivity contribution in [1.29, 1.82) is 0 Å². The van der Waals surface area contributed by atoms with E-state index in [1.165, 1.54) is 12.8 Å². The summed E-state index contributed by atoms with van der Waals surface area (Å²) in [6, 6.07) is 13.7. The van der Waals surface area contributed by atoms with Crippen molar-refractivity contribution in [2.75, 3.05) is 36.4 Å². The van der Waals surface area contributed by atoms with Gasteiger partial charge in [0, 0.05) is 38.2 Å². The molecule has 2 saturated heterocycles. The maximum Gasteiger partial charge on any atom is 0.246 e. The number of benzene rings is 1. The second kappa shape index (κ2) is 9.57. The maximum absolute atomic E-state index is 12.6. The molecule has 0 unspecified atom stereocenters. The minimum Gasteiger partial charge on any atom is -0.357 e. The number of nitrogens with one attached hydrogen (secondary N) is 1. The molecular formula is C24H28N4O2. The number of amides is 2. The second-order valence-corrected chi connectivity index (χ2v) is 7.93. The van der Waals surface area contributed by atoms with Crippen LogP contribution in [0.15, 0.2) is 54.7 Å². The summed E-state index contributed by atoms with van der Waals surface area (Å²) < 4.78 is 0. The van der Waals surface area contributed by atoms with Gasteiger partial charge in [-0.1, -0.05) is 30.3 Å². The molecule has 2 fully saturated rings. The number of rotatable bonds is 5. The van der Waals surface area contributed by atoms with Crippen LogP contribution in [0.4, 0.5) is 11.5 Å². The highest BCUT2D eigenvalue weighted by atomic mass is 16.2. The quantitative estimate of drug-likeness (QED) is 0.774. The predicted molar refractivity (Wildman–Crippen MR) is 119 cm³/mol. The third kappa shape index (κ3) is 5.06. The van der Waals surface area contributed by atoms with Crippen LogP contribution in [0.5, 0.6) is 0 Å². The van der Waals surface area contributed by atoms with Crippen LogP contribution in [0, 0.1) is 5.92 Å². The number of hydrogen-bond donors (Lipinski definition) is 1. The Morgan fingerprint density at radius 2 is 1.70 bits per heavy atom. The van der Waals surface area contributed by atoms with Gasteiger partial charge in [0.15, 0.2) is 0 Å². The summed E-state index contributed by atoms with van der Waals surface area (Å²) in [6.45, 7) is 3.30. The molecule has 0 atom stereocenters. The van der Waals surface area contributed by atoms with Crippen LogP contribution >= 0.6 is 0 Å². The van der Waals surface area contributed by atoms with Gasteiger partial charge in [-0.15, -0.1) is 0 Å². The number of aromatic nitrogens is 1. The molecule has 2 aromatic rings. The molecule has 4 rings (SSSR count). The SMILES string of the molecule is O=C(Nc1ccc(N2CCCC2)nc1)C1CCN(C(=O)/C=C/c2ccccc2)CC1. The van der Waals surface area contributed by atoms with Gasteiger partial charge in [-0.2, -0.15) is 0 Å². The minimum absolute atomic E-state index is 0.000544. The molecule has 1 aromatic heterocycles. The lowest BCUT2D eigenvalue weighted by Gasteiger charge is -2.30. The molecule has 3 heterocycles. The standard InChI is InChI=1S/C24H28N4O2/c29-23(11-8-19-6-2-1-3-7-19)28-16-12-20(13-17-28)24(30)26-21-9-10-22(25-18-21)27-14-4-5-15-27/h1-3,6-11,18,20H,4-5,12-17H2,(H,26,30)/b11-8+. The summed E-state index contributed by atoms with van der Waals surface area (Å²) in [5, 5.41) is 2.98. The first-order valence-electron chi connectivity index (χ1n) is 10.7. The van der Waals surface area contributed by atoms with Crippen molar-refractivity contribution in [1.82, 2.24) is 9.88 Å². The molecule has 0 spiro atoms. The molecule has 2 aliphatic rings. The van der Waals surface area contributed by atoms with E-state index in [1.54, 1.807) is 12.3 Å². The van der Waals surface area contributed by atoms with E-state index in [-0.39, 0.29) is 17.7 Å². The van der Waals surface area contributed by atoms with Crippen molar-refractivity contribution in [3.8, 4) is 0 Å². The fraction of sp³-hybridized carbons (Fsp3) is 0.375. The Morgan fingerprint density at radius 1 is 0.967 bits per heavy atom. The highest BCUT2D eigenvalue weighted by molar-refractivity contribution is 5.94. The number of carbonyl (C=O) groups excluding carboxylic acids is 2. The fourth-order valence-electron chi connectivity index (χ4n) is 4.04. The fourth-order valence-corrected chi connectivity index (χ4v) is 4.04. The van der Waals surface area contributed by atoms with Crippen LogP contribution in [0.25, 0.3) is 6.08 Å². The van der Waals surface area contributed by atoms with Gasteiger partial charge in [0.1, 0.15) is 5.82 Å². The Kier molecular flexibility index (Phi) is 6.42. The predicted octanol–water partition coefficient (Wildman–Crippen LogP) is 3.57. The van der Waals surface area contributed by atoms with E-state index in [2.05, 4.69) is 15.2 Å². The summed E-state index contributed by atoms with van der Waals surface area (Å²) in [4.78, 5) is 33.6. The molecule has 0 radical (unpaired) electrons. The van der Waals surface area contributed by atoms with Gasteiger partial charge in [0.2, 0.25) is 11.8 Å². The van der Waals surface area contributed by atoms with Crippen molar-refractivity contribution in [2.24, 2.45) is 5.92 Å². The molecular weight excluding hydrogens is 376 g/mol. The third-order valence-electron chi connectivity index (χ3n) is 5.84. The summed E-state index contributed by atoms with van der Waals surface area (Å²) in [5.74, 6) is 0.906. The number of carbonyl (C=O) groups is 2. The molecule has 1 N–H and O–H groups in total. The molecule has 6 heteroatoms. The molecule has 2 amide bonds. The highest BCUT2D eigenvalue weighted by Crippen LogP contribution is 2.22. The first kappa shape index (κ1) is 20.1. The van der Waals surface area contributed by atoms with Crippen LogP contribution in [0.1, 0.15) is 31.2 Å². The van der Waals surface area contributed by atoms with E-state index < -0.39 is 0 Å². The monoisotopic (exact) mass is 404 g/mol. The van der Waals surface area contributed by atoms with Crippen molar-refractivity contribution in [3.05, 3.63) is 60.3 Å². The van der Waals surface area contributed by atoms with Gasteiger partial charge in [-0.05, 0) is 49.5 Å². The maximum atomic E-state index is 12.6. The highest BCUT2D eigenvalue weighted by Gasteiger charge is 2.26. The number of piperidine rings is 1. The average molecular weight is 405 g/mol. The Morgan fingerprint density at radius 3 is 2.37 bits per heavy atom. The Bertz CT molecular complexity index is 881. The summed E-state index contributed by atoms with van der Waals surface area (Å²) in [6.07, 6.45) is 8.96. The minimum atomic E-state index is -0.0783. The first-order chi connectivity index (χ1) is 14.7. The van der Waals surface area contributed by atoms with Gasteiger partial charge in [0.05, 0.1) is 11.9 Å². The van der Waals surface area contributed by atoms with Crippen molar-refractivity contribution < 1.29 is 9.59 Å². The average Bonchev–Trinajstić information content (AvgIpc) is 3.34. The number of hydrogen-bond acceptors (Lipinski definition) is 4. The molecule has 6 nitrogen and oxygen atoms in total. The van der Waals surface area contributed by atoms with E-state index in [0.29, 0.717) is 25.9 Å². The Hall–Kier alpha value is -3.15. The van der Waals surface area contributed by atoms with Crippen molar-refractivity contribution >= 4 is 29.4 Å². The van der Waals surface area contributed by atoms with Crippen LogP contribution in [-0.2, 0) is 9.59 Å². The Labute approximate surface area is 177 Å². The number of likely N-dealkylation sites (tertiary alicyclic amines) is 1. The topological polar surface area (TPSA) is 65.5 Å².